The molecule has 0 bridgehead atoms. The zero-order valence-corrected chi connectivity index (χ0v) is 8.78. The highest BCUT2D eigenvalue weighted by atomic mass is 16.5. The fourth-order valence-corrected chi connectivity index (χ4v) is 1.04. The van der Waals surface area contributed by atoms with E-state index in [0.29, 0.717) is 6.54 Å². The summed E-state index contributed by atoms with van der Waals surface area (Å²) in [5.41, 5.74) is 0. The van der Waals surface area contributed by atoms with Gasteiger partial charge in [0.15, 0.2) is 0 Å². The van der Waals surface area contributed by atoms with Gasteiger partial charge in [-0.15, -0.1) is 0 Å². The highest BCUT2D eigenvalue weighted by molar-refractivity contribution is 5.69. The van der Waals surface area contributed by atoms with Crippen LogP contribution in [0.2, 0.25) is 0 Å². The van der Waals surface area contributed by atoms with Gasteiger partial charge in [0.2, 0.25) is 0 Å². The molecule has 0 radical (unpaired) electrons. The molecule has 4 nitrogen and oxygen atoms in total. The van der Waals surface area contributed by atoms with Gasteiger partial charge < -0.3 is 9.84 Å². The maximum atomic E-state index is 10.5. The second-order valence-corrected chi connectivity index (χ2v) is 3.46. The van der Waals surface area contributed by atoms with Gasteiger partial charge in [0.05, 0.1) is 12.6 Å². The first-order valence-electron chi connectivity index (χ1n) is 4.46. The van der Waals surface area contributed by atoms with Gasteiger partial charge in [0, 0.05) is 19.7 Å². The van der Waals surface area contributed by atoms with Crippen molar-refractivity contribution in [3.8, 4) is 0 Å². The topological polar surface area (TPSA) is 49.8 Å². The van der Waals surface area contributed by atoms with Crippen molar-refractivity contribution in [1.29, 1.82) is 0 Å². The Hall–Kier alpha value is -0.610. The van der Waals surface area contributed by atoms with E-state index >= 15 is 0 Å². The molecule has 0 amide bonds. The normalized spacial score (nSPS) is 13.7. The monoisotopic (exact) mass is 189 g/mol. The maximum Gasteiger partial charge on any atom is 0.317 e. The maximum absolute atomic E-state index is 10.5. The summed E-state index contributed by atoms with van der Waals surface area (Å²) in [6.45, 7) is 6.61. The van der Waals surface area contributed by atoms with Crippen molar-refractivity contribution in [1.82, 2.24) is 4.90 Å². The molecule has 0 aromatic rings. The van der Waals surface area contributed by atoms with Crippen LogP contribution in [0, 0.1) is 0 Å². The molecule has 78 valence electrons. The number of methoxy groups -OCH3 is 1. The van der Waals surface area contributed by atoms with Gasteiger partial charge in [-0.25, -0.2) is 0 Å². The van der Waals surface area contributed by atoms with E-state index in [9.17, 15) is 4.79 Å². The molecular formula is C9H19NO3. The Labute approximate surface area is 79.5 Å². The molecule has 0 aliphatic carbocycles. The fraction of sp³-hybridized carbons (Fsp3) is 0.889. The van der Waals surface area contributed by atoms with Gasteiger partial charge in [0.1, 0.15) is 0 Å². The molecule has 0 heterocycles. The third-order valence-corrected chi connectivity index (χ3v) is 1.96. The Morgan fingerprint density at radius 3 is 2.31 bits per heavy atom. The Kier molecular flexibility index (Phi) is 5.66. The zero-order chi connectivity index (χ0) is 10.4. The van der Waals surface area contributed by atoms with Crippen LogP contribution in [0.1, 0.15) is 20.8 Å². The molecule has 4 heteroatoms. The highest BCUT2D eigenvalue weighted by Crippen LogP contribution is 2.01. The highest BCUT2D eigenvalue weighted by Gasteiger charge is 2.15. The van der Waals surface area contributed by atoms with Crippen molar-refractivity contribution in [2.75, 3.05) is 20.2 Å². The molecule has 1 atom stereocenters. The molecule has 0 aromatic carbocycles. The smallest absolute Gasteiger partial charge is 0.317 e. The number of rotatable bonds is 6. The molecular weight excluding hydrogens is 170 g/mol. The molecule has 0 fully saturated rings. The fourth-order valence-electron chi connectivity index (χ4n) is 1.04. The lowest BCUT2D eigenvalue weighted by Gasteiger charge is -2.26. The van der Waals surface area contributed by atoms with E-state index in [4.69, 9.17) is 9.84 Å². The van der Waals surface area contributed by atoms with Crippen molar-refractivity contribution in [3.63, 3.8) is 0 Å². The molecule has 0 spiro atoms. The molecule has 1 unspecified atom stereocenters. The van der Waals surface area contributed by atoms with Gasteiger partial charge in [0.25, 0.3) is 0 Å². The Balaban J connectivity index is 4.02. The second-order valence-electron chi connectivity index (χ2n) is 3.46. The summed E-state index contributed by atoms with van der Waals surface area (Å²) in [4.78, 5) is 12.4. The minimum absolute atomic E-state index is 0.0711. The summed E-state index contributed by atoms with van der Waals surface area (Å²) in [6.07, 6.45) is 0.0711. The predicted octanol–water partition coefficient (Wildman–Crippen LogP) is 0.816. The first-order chi connectivity index (χ1) is 5.97. The number of ether oxygens (including phenoxy) is 1. The van der Waals surface area contributed by atoms with E-state index in [-0.39, 0.29) is 18.7 Å². The molecule has 0 aromatic heterocycles. The average Bonchev–Trinajstić information content (AvgIpc) is 2.02. The van der Waals surface area contributed by atoms with Crippen LogP contribution in [-0.2, 0) is 9.53 Å². The minimum atomic E-state index is -0.794. The Morgan fingerprint density at radius 1 is 1.46 bits per heavy atom. The van der Waals surface area contributed by atoms with Gasteiger partial charge in [-0.1, -0.05) is 0 Å². The van der Waals surface area contributed by atoms with E-state index in [0.717, 1.165) is 0 Å². The molecule has 0 saturated heterocycles. The average molecular weight is 189 g/mol. The molecule has 13 heavy (non-hydrogen) atoms. The van der Waals surface area contributed by atoms with E-state index in [1.807, 2.05) is 25.7 Å². The lowest BCUT2D eigenvalue weighted by molar-refractivity contribution is -0.139. The molecule has 0 aliphatic heterocycles. The molecule has 0 rings (SSSR count). The number of hydrogen-bond donors (Lipinski definition) is 1. The quantitative estimate of drug-likeness (QED) is 0.672. The summed E-state index contributed by atoms with van der Waals surface area (Å²) in [5, 5.41) is 8.64. The van der Waals surface area contributed by atoms with Gasteiger partial charge in [-0.2, -0.15) is 0 Å². The molecule has 0 saturated carbocycles. The van der Waals surface area contributed by atoms with E-state index in [2.05, 4.69) is 0 Å². The van der Waals surface area contributed by atoms with Crippen molar-refractivity contribution >= 4 is 5.97 Å². The zero-order valence-electron chi connectivity index (χ0n) is 8.78. The Bertz CT molecular complexity index is 159. The number of hydrogen-bond acceptors (Lipinski definition) is 3. The van der Waals surface area contributed by atoms with Crippen molar-refractivity contribution in [2.24, 2.45) is 0 Å². The summed E-state index contributed by atoms with van der Waals surface area (Å²) < 4.78 is 5.08. The van der Waals surface area contributed by atoms with Gasteiger partial charge in [-0.05, 0) is 20.8 Å². The number of carboxylic acids is 1. The predicted molar refractivity (Wildman–Crippen MR) is 50.8 cm³/mol. The van der Waals surface area contributed by atoms with Crippen LogP contribution in [0.3, 0.4) is 0 Å². The molecule has 1 N–H and O–H groups in total. The first kappa shape index (κ1) is 12.4. The van der Waals surface area contributed by atoms with Crippen LogP contribution in [0.4, 0.5) is 0 Å². The second kappa shape index (κ2) is 5.94. The lowest BCUT2D eigenvalue weighted by Crippen LogP contribution is -2.40. The molecule has 0 aliphatic rings. The van der Waals surface area contributed by atoms with Crippen LogP contribution in [0.5, 0.6) is 0 Å². The van der Waals surface area contributed by atoms with Crippen LogP contribution in [-0.4, -0.2) is 48.3 Å². The standard InChI is InChI=1S/C9H19NO3/c1-7(2)10(6-9(11)12)5-8(3)13-4/h7-8H,5-6H2,1-4H3,(H,11,12). The SMILES string of the molecule is COC(C)CN(CC(=O)O)C(C)C. The van der Waals surface area contributed by atoms with E-state index < -0.39 is 5.97 Å². The van der Waals surface area contributed by atoms with Gasteiger partial charge >= 0.3 is 5.97 Å². The summed E-state index contributed by atoms with van der Waals surface area (Å²) in [7, 11) is 1.63. The third-order valence-electron chi connectivity index (χ3n) is 1.96. The van der Waals surface area contributed by atoms with Crippen LogP contribution < -0.4 is 0 Å². The minimum Gasteiger partial charge on any atom is -0.480 e. The van der Waals surface area contributed by atoms with Crippen LogP contribution >= 0.6 is 0 Å². The largest absolute Gasteiger partial charge is 0.480 e. The van der Waals surface area contributed by atoms with E-state index in [1.54, 1.807) is 7.11 Å². The summed E-state index contributed by atoms with van der Waals surface area (Å²) >= 11 is 0. The first-order valence-corrected chi connectivity index (χ1v) is 4.46. The van der Waals surface area contributed by atoms with Crippen LogP contribution in [0.15, 0.2) is 0 Å². The summed E-state index contributed by atoms with van der Waals surface area (Å²) in [6, 6.07) is 0.230. The third kappa shape index (κ3) is 5.60. The lowest BCUT2D eigenvalue weighted by atomic mass is 10.2. The van der Waals surface area contributed by atoms with E-state index in [1.165, 1.54) is 0 Å². The number of aliphatic carboxylic acids is 1. The van der Waals surface area contributed by atoms with Crippen molar-refractivity contribution in [3.05, 3.63) is 0 Å². The Morgan fingerprint density at radius 2 is 2.00 bits per heavy atom. The number of carbonyl (C=O) groups is 1. The van der Waals surface area contributed by atoms with Gasteiger partial charge in [-0.3, -0.25) is 9.69 Å². The summed E-state index contributed by atoms with van der Waals surface area (Å²) in [5.74, 6) is -0.794. The van der Waals surface area contributed by atoms with Crippen molar-refractivity contribution in [2.45, 2.75) is 32.9 Å². The van der Waals surface area contributed by atoms with Crippen LogP contribution in [0.25, 0.3) is 0 Å². The number of nitrogens with zero attached hydrogens (tertiary/aromatic N) is 1. The van der Waals surface area contributed by atoms with Crippen molar-refractivity contribution < 1.29 is 14.6 Å². The number of carboxylic acid groups (broad SMARTS) is 1.